The van der Waals surface area contributed by atoms with Crippen molar-refractivity contribution in [2.24, 2.45) is 5.10 Å². The number of ether oxygens (including phenoxy) is 3. The van der Waals surface area contributed by atoms with Gasteiger partial charge in [0.1, 0.15) is 5.82 Å². The summed E-state index contributed by atoms with van der Waals surface area (Å²) in [6.45, 7) is 5.68. The summed E-state index contributed by atoms with van der Waals surface area (Å²) >= 11 is 9.79. The Hall–Kier alpha value is -2.91. The zero-order valence-electron chi connectivity index (χ0n) is 19.3. The minimum Gasteiger partial charge on any atom is -0.493 e. The monoisotopic (exact) mass is 549 g/mol. The van der Waals surface area contributed by atoms with Crippen LogP contribution in [0.15, 0.2) is 44.7 Å². The predicted octanol–water partition coefficient (Wildman–Crippen LogP) is 5.16. The Morgan fingerprint density at radius 2 is 2.06 bits per heavy atom. The van der Waals surface area contributed by atoms with Crippen LogP contribution in [0.3, 0.4) is 0 Å². The van der Waals surface area contributed by atoms with Crippen LogP contribution in [0.4, 0.5) is 0 Å². The number of carbonyl (C=O) groups excluding carboxylic acids is 1. The molecule has 3 rings (SSSR count). The van der Waals surface area contributed by atoms with E-state index in [0.29, 0.717) is 28.0 Å². The molecule has 1 atom stereocenters. The molecule has 0 fully saturated rings. The zero-order valence-corrected chi connectivity index (χ0v) is 21.6. The fourth-order valence-corrected chi connectivity index (χ4v) is 3.83. The molecule has 10 heteroatoms. The third-order valence-electron chi connectivity index (χ3n) is 5.10. The molecule has 0 saturated carbocycles. The van der Waals surface area contributed by atoms with Crippen molar-refractivity contribution >= 4 is 50.6 Å². The van der Waals surface area contributed by atoms with E-state index in [1.807, 2.05) is 19.9 Å². The quantitative estimate of drug-likeness (QED) is 0.270. The highest BCUT2D eigenvalue weighted by Gasteiger charge is 2.17. The smallest absolute Gasteiger partial charge is 0.344 e. The van der Waals surface area contributed by atoms with Crippen molar-refractivity contribution in [2.75, 3.05) is 20.3 Å². The van der Waals surface area contributed by atoms with Gasteiger partial charge in [0.15, 0.2) is 18.1 Å². The summed E-state index contributed by atoms with van der Waals surface area (Å²) in [6, 6.07) is 8.64. The lowest BCUT2D eigenvalue weighted by atomic mass is 10.1. The average Bonchev–Trinajstić information content (AvgIpc) is 2.82. The number of halogens is 2. The molecule has 0 aliphatic carbocycles. The predicted molar refractivity (Wildman–Crippen MR) is 136 cm³/mol. The van der Waals surface area contributed by atoms with Crippen LogP contribution < -0.4 is 15.0 Å². The molecule has 1 aromatic heterocycles. The van der Waals surface area contributed by atoms with E-state index < -0.39 is 5.97 Å². The fourth-order valence-electron chi connectivity index (χ4n) is 3.19. The molecule has 0 radical (unpaired) electrons. The van der Waals surface area contributed by atoms with Crippen LogP contribution >= 0.6 is 27.5 Å². The second-order valence-electron chi connectivity index (χ2n) is 7.43. The summed E-state index contributed by atoms with van der Waals surface area (Å²) in [6.07, 6.45) is 2.29. The lowest BCUT2D eigenvalue weighted by molar-refractivity contribution is -0.145. The minimum absolute atomic E-state index is 0.00896. The molecular weight excluding hydrogens is 526 g/mol. The summed E-state index contributed by atoms with van der Waals surface area (Å²) in [5.41, 5.74) is 0.912. The first-order valence-electron chi connectivity index (χ1n) is 10.7. The highest BCUT2D eigenvalue weighted by atomic mass is 79.9. The number of hydrogen-bond donors (Lipinski definition) is 0. The normalized spacial score (nSPS) is 12.2. The molecule has 1 heterocycles. The third-order valence-corrected chi connectivity index (χ3v) is 5.87. The van der Waals surface area contributed by atoms with Crippen LogP contribution in [0.5, 0.6) is 11.5 Å². The van der Waals surface area contributed by atoms with Crippen LogP contribution in [-0.2, 0) is 9.53 Å². The highest BCUT2D eigenvalue weighted by Crippen LogP contribution is 2.36. The molecule has 0 spiro atoms. The topological polar surface area (TPSA) is 92.0 Å². The highest BCUT2D eigenvalue weighted by molar-refractivity contribution is 9.10. The molecule has 0 N–H and O–H groups in total. The molecule has 0 bridgehead atoms. The van der Waals surface area contributed by atoms with Gasteiger partial charge in [-0.05, 0) is 49.2 Å². The van der Waals surface area contributed by atoms with Crippen molar-refractivity contribution in [2.45, 2.75) is 33.1 Å². The Morgan fingerprint density at radius 3 is 2.74 bits per heavy atom. The van der Waals surface area contributed by atoms with Crippen molar-refractivity contribution in [3.05, 3.63) is 61.6 Å². The Balaban J connectivity index is 2.02. The van der Waals surface area contributed by atoms with Crippen molar-refractivity contribution in [1.29, 1.82) is 0 Å². The van der Waals surface area contributed by atoms with Crippen LogP contribution in [-0.4, -0.2) is 42.2 Å². The van der Waals surface area contributed by atoms with Gasteiger partial charge < -0.3 is 14.2 Å². The first-order valence-corrected chi connectivity index (χ1v) is 11.9. The van der Waals surface area contributed by atoms with Gasteiger partial charge in [0.05, 0.1) is 35.9 Å². The largest absolute Gasteiger partial charge is 0.493 e. The van der Waals surface area contributed by atoms with Crippen LogP contribution in [0.2, 0.25) is 5.02 Å². The van der Waals surface area contributed by atoms with Gasteiger partial charge in [-0.1, -0.05) is 41.4 Å². The average molecular weight is 551 g/mol. The van der Waals surface area contributed by atoms with E-state index in [1.54, 1.807) is 31.2 Å². The summed E-state index contributed by atoms with van der Waals surface area (Å²) in [5.74, 6) is 0.580. The summed E-state index contributed by atoms with van der Waals surface area (Å²) in [7, 11) is 1.46. The van der Waals surface area contributed by atoms with Gasteiger partial charge in [0.25, 0.3) is 5.56 Å². The van der Waals surface area contributed by atoms with Gasteiger partial charge in [-0.2, -0.15) is 9.78 Å². The van der Waals surface area contributed by atoms with Crippen molar-refractivity contribution < 1.29 is 19.0 Å². The first kappa shape index (κ1) is 25.7. The number of carbonyl (C=O) groups is 1. The summed E-state index contributed by atoms with van der Waals surface area (Å²) < 4.78 is 17.8. The molecule has 3 aromatic rings. The maximum atomic E-state index is 13.3. The Kier molecular flexibility index (Phi) is 8.68. The number of esters is 1. The van der Waals surface area contributed by atoms with Gasteiger partial charge in [-0.15, -0.1) is 0 Å². The van der Waals surface area contributed by atoms with E-state index in [2.05, 4.69) is 21.0 Å². The molecule has 180 valence electrons. The van der Waals surface area contributed by atoms with E-state index in [4.69, 9.17) is 30.8 Å². The molecule has 0 aliphatic heterocycles. The molecule has 0 amide bonds. The summed E-state index contributed by atoms with van der Waals surface area (Å²) in [5, 5.41) is 5.12. The number of aromatic nitrogens is 2. The van der Waals surface area contributed by atoms with Crippen molar-refractivity contribution in [3.8, 4) is 11.5 Å². The van der Waals surface area contributed by atoms with Gasteiger partial charge in [0.2, 0.25) is 0 Å². The third kappa shape index (κ3) is 5.77. The van der Waals surface area contributed by atoms with E-state index in [-0.39, 0.29) is 35.5 Å². The maximum absolute atomic E-state index is 13.3. The number of rotatable bonds is 9. The number of fused-ring (bicyclic) bond motifs is 1. The Bertz CT molecular complexity index is 1290. The number of methoxy groups -OCH3 is 1. The molecule has 8 nitrogen and oxygen atoms in total. The maximum Gasteiger partial charge on any atom is 0.344 e. The second kappa shape index (κ2) is 11.5. The van der Waals surface area contributed by atoms with E-state index in [0.717, 1.165) is 10.9 Å². The van der Waals surface area contributed by atoms with E-state index in [9.17, 15) is 9.59 Å². The van der Waals surface area contributed by atoms with Gasteiger partial charge in [0, 0.05) is 10.4 Å². The SMILES string of the molecule is CCOC(=O)COc1c(Cl)cc(C=Nn2c([C@H](C)CC)nc3ccc(Br)cc3c2=O)cc1OC. The van der Waals surface area contributed by atoms with Crippen LogP contribution in [0.25, 0.3) is 10.9 Å². The van der Waals surface area contributed by atoms with E-state index in [1.165, 1.54) is 18.0 Å². The Labute approximate surface area is 210 Å². The molecule has 2 aromatic carbocycles. The molecule has 34 heavy (non-hydrogen) atoms. The van der Waals surface area contributed by atoms with Crippen molar-refractivity contribution in [1.82, 2.24) is 9.66 Å². The van der Waals surface area contributed by atoms with Crippen LogP contribution in [0.1, 0.15) is 44.5 Å². The molecule has 0 saturated heterocycles. The first-order chi connectivity index (χ1) is 16.3. The standard InChI is InChI=1S/C24H25BrClN3O5/c1-5-14(3)23-28-19-8-7-16(25)11-17(19)24(31)29(23)27-12-15-9-18(26)22(20(10-15)32-4)34-13-21(30)33-6-2/h7-12,14H,5-6,13H2,1-4H3/t14-/m1/s1. The van der Waals surface area contributed by atoms with Crippen LogP contribution in [0, 0.1) is 0 Å². The fraction of sp³-hybridized carbons (Fsp3) is 0.333. The molecule has 0 unspecified atom stereocenters. The number of benzene rings is 2. The molecule has 0 aliphatic rings. The zero-order chi connectivity index (χ0) is 24.8. The number of nitrogens with zero attached hydrogens (tertiary/aromatic N) is 3. The Morgan fingerprint density at radius 1 is 1.29 bits per heavy atom. The van der Waals surface area contributed by atoms with E-state index >= 15 is 0 Å². The van der Waals surface area contributed by atoms with Gasteiger partial charge >= 0.3 is 5.97 Å². The van der Waals surface area contributed by atoms with Gasteiger partial charge in [-0.25, -0.2) is 9.78 Å². The van der Waals surface area contributed by atoms with Crippen molar-refractivity contribution in [3.63, 3.8) is 0 Å². The summed E-state index contributed by atoms with van der Waals surface area (Å²) in [4.78, 5) is 29.6. The number of hydrogen-bond acceptors (Lipinski definition) is 7. The second-order valence-corrected chi connectivity index (χ2v) is 8.75. The van der Waals surface area contributed by atoms with Gasteiger partial charge in [-0.3, -0.25) is 4.79 Å². The minimum atomic E-state index is -0.515. The molecular formula is C24H25BrClN3O5. The lowest BCUT2D eigenvalue weighted by Gasteiger charge is -2.14. The lowest BCUT2D eigenvalue weighted by Crippen LogP contribution is -2.23.